The van der Waals surface area contributed by atoms with Crippen molar-refractivity contribution in [1.29, 1.82) is 0 Å². The predicted molar refractivity (Wildman–Crippen MR) is 46.3 cm³/mol. The number of carbonyl (C=O) groups is 1. The molecule has 0 rings (SSSR count). The van der Waals surface area contributed by atoms with Gasteiger partial charge >= 0.3 is 6.03 Å². The first-order valence-corrected chi connectivity index (χ1v) is 3.29. The minimum atomic E-state index is -0.916. The van der Waals surface area contributed by atoms with Gasteiger partial charge in [0.1, 0.15) is 0 Å². The van der Waals surface area contributed by atoms with E-state index in [9.17, 15) is 9.70 Å². The maximum absolute atomic E-state index is 10.7. The Kier molecular flexibility index (Phi) is 4.36. The summed E-state index contributed by atoms with van der Waals surface area (Å²) in [4.78, 5) is 21.9. The molecular weight excluding hydrogens is 158 g/mol. The number of nitrogens with two attached hydrogens (primary N) is 1. The van der Waals surface area contributed by atoms with Crippen LogP contribution in [0.25, 0.3) is 0 Å². The number of rotatable bonds is 5. The molecule has 12 heavy (non-hydrogen) atoms. The summed E-state index contributed by atoms with van der Waals surface area (Å²) >= 11 is 0. The van der Waals surface area contributed by atoms with Crippen LogP contribution < -0.4 is 5.73 Å². The van der Waals surface area contributed by atoms with Gasteiger partial charge in [-0.2, -0.15) is 0 Å². The second kappa shape index (κ2) is 5.06. The van der Waals surface area contributed by atoms with Gasteiger partial charge in [0.25, 0.3) is 0 Å². The lowest BCUT2D eigenvalue weighted by Gasteiger charge is -2.20. The Morgan fingerprint density at radius 2 is 2.25 bits per heavy atom. The molecule has 0 heterocycles. The molecule has 2 N–H and O–H groups in total. The number of hydrogen-bond donors (Lipinski definition) is 1. The van der Waals surface area contributed by atoms with Crippen LogP contribution in [0, 0.1) is 4.91 Å². The molecule has 0 saturated carbocycles. The second-order valence-electron chi connectivity index (χ2n) is 2.03. The Hall–Kier alpha value is -1.65. The van der Waals surface area contributed by atoms with E-state index >= 15 is 0 Å². The Morgan fingerprint density at radius 3 is 2.50 bits per heavy atom. The summed E-state index contributed by atoms with van der Waals surface area (Å²) in [6, 6.07) is -0.723. The zero-order valence-corrected chi connectivity index (χ0v) is 6.64. The third kappa shape index (κ3) is 2.53. The van der Waals surface area contributed by atoms with E-state index in [1.54, 1.807) is 0 Å². The molecule has 0 radical (unpaired) electrons. The molecule has 0 aromatic rings. The lowest BCUT2D eigenvalue weighted by molar-refractivity contribution is 0.203. The van der Waals surface area contributed by atoms with Gasteiger partial charge in [-0.3, -0.25) is 4.90 Å². The highest BCUT2D eigenvalue weighted by atomic mass is 16.3. The van der Waals surface area contributed by atoms with Gasteiger partial charge in [-0.15, -0.1) is 11.5 Å². The van der Waals surface area contributed by atoms with Gasteiger partial charge in [-0.1, -0.05) is 12.7 Å². The molecule has 0 bridgehead atoms. The van der Waals surface area contributed by atoms with Crippen LogP contribution in [0.1, 0.15) is 0 Å². The topological polar surface area (TPSA) is 75.8 Å². The van der Waals surface area contributed by atoms with Crippen LogP contribution in [0.15, 0.2) is 30.5 Å². The molecule has 0 aliphatic carbocycles. The summed E-state index contributed by atoms with van der Waals surface area (Å²) in [6.45, 7) is 6.92. The molecule has 0 aromatic heterocycles. The SMILES string of the molecule is C=CCN(C(N)=O)C(C=C)N=O. The molecule has 5 heteroatoms. The molecule has 2 amide bonds. The van der Waals surface area contributed by atoms with Crippen molar-refractivity contribution in [3.8, 4) is 0 Å². The lowest BCUT2D eigenvalue weighted by atomic mass is 10.4. The number of primary amides is 1. The van der Waals surface area contributed by atoms with E-state index in [-0.39, 0.29) is 6.54 Å². The summed E-state index contributed by atoms with van der Waals surface area (Å²) in [5.74, 6) is 0. The van der Waals surface area contributed by atoms with Crippen molar-refractivity contribution in [3.63, 3.8) is 0 Å². The number of nitrogens with zero attached hydrogens (tertiary/aromatic N) is 2. The molecule has 5 nitrogen and oxygen atoms in total. The lowest BCUT2D eigenvalue weighted by Crippen LogP contribution is -2.41. The summed E-state index contributed by atoms with van der Waals surface area (Å²) < 4.78 is 0. The van der Waals surface area contributed by atoms with Crippen LogP contribution in [0.2, 0.25) is 0 Å². The van der Waals surface area contributed by atoms with Crippen molar-refractivity contribution in [2.75, 3.05) is 6.54 Å². The number of carbonyl (C=O) groups excluding carboxylic acids is 1. The number of hydrogen-bond acceptors (Lipinski definition) is 3. The Balaban J connectivity index is 4.44. The van der Waals surface area contributed by atoms with Gasteiger partial charge in [0.05, 0.1) is 0 Å². The maximum Gasteiger partial charge on any atom is 0.317 e. The molecule has 0 spiro atoms. The predicted octanol–water partition coefficient (Wildman–Crippen LogP) is 0.832. The van der Waals surface area contributed by atoms with E-state index in [1.807, 2.05) is 0 Å². The minimum absolute atomic E-state index is 0.178. The molecule has 0 aliphatic heterocycles. The first-order valence-electron chi connectivity index (χ1n) is 3.29. The van der Waals surface area contributed by atoms with Gasteiger partial charge in [0.2, 0.25) is 0 Å². The van der Waals surface area contributed by atoms with E-state index in [2.05, 4.69) is 18.3 Å². The van der Waals surface area contributed by atoms with Crippen molar-refractivity contribution in [2.24, 2.45) is 10.9 Å². The number of nitroso groups, excluding NO2 is 1. The van der Waals surface area contributed by atoms with Crippen molar-refractivity contribution in [3.05, 3.63) is 30.2 Å². The normalized spacial score (nSPS) is 11.3. The van der Waals surface area contributed by atoms with E-state index < -0.39 is 12.2 Å². The van der Waals surface area contributed by atoms with E-state index in [0.717, 1.165) is 4.90 Å². The summed E-state index contributed by atoms with van der Waals surface area (Å²) in [6.07, 6.45) is 1.77. The highest BCUT2D eigenvalue weighted by molar-refractivity contribution is 5.72. The van der Waals surface area contributed by atoms with Crippen molar-refractivity contribution < 1.29 is 4.79 Å². The summed E-state index contributed by atoms with van der Waals surface area (Å²) in [5, 5.41) is 2.66. The van der Waals surface area contributed by atoms with Crippen LogP contribution in [0.5, 0.6) is 0 Å². The van der Waals surface area contributed by atoms with Crippen LogP contribution in [0.3, 0.4) is 0 Å². The Bertz CT molecular complexity index is 195. The van der Waals surface area contributed by atoms with Gasteiger partial charge in [-0.05, 0) is 11.3 Å². The quantitative estimate of drug-likeness (QED) is 0.489. The van der Waals surface area contributed by atoms with E-state index in [4.69, 9.17) is 5.73 Å². The highest BCUT2D eigenvalue weighted by Crippen LogP contribution is 2.01. The van der Waals surface area contributed by atoms with Crippen LogP contribution >= 0.6 is 0 Å². The fraction of sp³-hybridized carbons (Fsp3) is 0.286. The van der Waals surface area contributed by atoms with Crippen molar-refractivity contribution in [2.45, 2.75) is 6.17 Å². The average molecular weight is 169 g/mol. The van der Waals surface area contributed by atoms with E-state index in [1.165, 1.54) is 12.2 Å². The molecule has 0 fully saturated rings. The van der Waals surface area contributed by atoms with Crippen molar-refractivity contribution in [1.82, 2.24) is 4.90 Å². The third-order valence-electron chi connectivity index (χ3n) is 1.25. The first-order chi connectivity index (χ1) is 5.67. The van der Waals surface area contributed by atoms with Crippen LogP contribution in [0.4, 0.5) is 4.79 Å². The largest absolute Gasteiger partial charge is 0.351 e. The molecule has 0 aromatic carbocycles. The average Bonchev–Trinajstić information content (AvgIpc) is 2.05. The Labute approximate surface area is 70.5 Å². The maximum atomic E-state index is 10.7. The number of urea groups is 1. The second-order valence-corrected chi connectivity index (χ2v) is 2.03. The minimum Gasteiger partial charge on any atom is -0.351 e. The molecule has 1 atom stereocenters. The van der Waals surface area contributed by atoms with Gasteiger partial charge < -0.3 is 5.73 Å². The van der Waals surface area contributed by atoms with Gasteiger partial charge in [-0.25, -0.2) is 4.79 Å². The monoisotopic (exact) mass is 169 g/mol. The Morgan fingerprint density at radius 1 is 1.67 bits per heavy atom. The molecule has 0 saturated heterocycles. The standard InChI is InChI=1S/C7H11N3O2/c1-3-5-10(7(8)11)6(4-2)9-12/h3-4,6H,1-2,5H2,(H2,8,11). The fourth-order valence-electron chi connectivity index (χ4n) is 0.695. The third-order valence-corrected chi connectivity index (χ3v) is 1.25. The summed E-state index contributed by atoms with van der Waals surface area (Å²) in [5.41, 5.74) is 4.97. The van der Waals surface area contributed by atoms with Gasteiger partial charge in [0.15, 0.2) is 6.17 Å². The van der Waals surface area contributed by atoms with Gasteiger partial charge in [0, 0.05) is 6.54 Å². The van der Waals surface area contributed by atoms with E-state index in [0.29, 0.717) is 0 Å². The molecule has 0 aliphatic rings. The fourth-order valence-corrected chi connectivity index (χ4v) is 0.695. The zero-order chi connectivity index (χ0) is 9.56. The first kappa shape index (κ1) is 10.3. The molecule has 1 unspecified atom stereocenters. The van der Waals surface area contributed by atoms with Crippen LogP contribution in [-0.4, -0.2) is 23.6 Å². The number of amides is 2. The summed E-state index contributed by atoms with van der Waals surface area (Å²) in [7, 11) is 0. The zero-order valence-electron chi connectivity index (χ0n) is 6.64. The molecular formula is C7H11N3O2. The van der Waals surface area contributed by atoms with Crippen LogP contribution in [-0.2, 0) is 0 Å². The molecule has 66 valence electrons. The smallest absolute Gasteiger partial charge is 0.317 e. The highest BCUT2D eigenvalue weighted by Gasteiger charge is 2.17. The van der Waals surface area contributed by atoms with Crippen molar-refractivity contribution >= 4 is 6.03 Å².